The zero-order chi connectivity index (χ0) is 16.8. The second kappa shape index (κ2) is 5.30. The van der Waals surface area contributed by atoms with Gasteiger partial charge in [0.1, 0.15) is 22.8 Å². The van der Waals surface area contributed by atoms with Gasteiger partial charge in [0.2, 0.25) is 17.2 Å². The van der Waals surface area contributed by atoms with Crippen molar-refractivity contribution in [1.82, 2.24) is 0 Å². The molecule has 0 N–H and O–H groups in total. The van der Waals surface area contributed by atoms with E-state index in [2.05, 4.69) is 0 Å². The van der Waals surface area contributed by atoms with Crippen LogP contribution in [0.1, 0.15) is 23.7 Å². The fourth-order valence-corrected chi connectivity index (χ4v) is 3.18. The lowest BCUT2D eigenvalue weighted by atomic mass is 9.75. The standard InChI is InChI=1S/C17H18O6/c1-9-5-10(20-2)8-14(18)17(9)16(19)15-12(22-4)6-11(21-3)7-13(15)23-17/h6-9H,5H2,1-4H3/t9-,17-/m1/s1. The molecular formula is C17H18O6. The van der Waals surface area contributed by atoms with Gasteiger partial charge in [-0.2, -0.15) is 0 Å². The van der Waals surface area contributed by atoms with Gasteiger partial charge in [0.25, 0.3) is 0 Å². The highest BCUT2D eigenvalue weighted by atomic mass is 16.5. The van der Waals surface area contributed by atoms with Gasteiger partial charge in [-0.1, -0.05) is 6.92 Å². The Morgan fingerprint density at radius 2 is 1.87 bits per heavy atom. The molecule has 1 aromatic carbocycles. The smallest absolute Gasteiger partial charge is 0.236 e. The molecule has 1 spiro atoms. The number of carbonyl (C=O) groups is 2. The van der Waals surface area contributed by atoms with E-state index < -0.39 is 11.4 Å². The highest BCUT2D eigenvalue weighted by Crippen LogP contribution is 2.48. The number of ether oxygens (including phenoxy) is 4. The molecule has 6 nitrogen and oxygen atoms in total. The van der Waals surface area contributed by atoms with Gasteiger partial charge >= 0.3 is 0 Å². The van der Waals surface area contributed by atoms with E-state index in [4.69, 9.17) is 18.9 Å². The van der Waals surface area contributed by atoms with Crippen LogP contribution in [0.2, 0.25) is 0 Å². The van der Waals surface area contributed by atoms with Crippen molar-refractivity contribution in [2.75, 3.05) is 21.3 Å². The lowest BCUT2D eigenvalue weighted by Gasteiger charge is -2.34. The van der Waals surface area contributed by atoms with Gasteiger partial charge in [-0.15, -0.1) is 0 Å². The molecule has 122 valence electrons. The van der Waals surface area contributed by atoms with Gasteiger partial charge < -0.3 is 18.9 Å². The van der Waals surface area contributed by atoms with Crippen LogP contribution >= 0.6 is 0 Å². The summed E-state index contributed by atoms with van der Waals surface area (Å²) in [5.41, 5.74) is -1.27. The molecule has 1 heterocycles. The molecule has 0 amide bonds. The molecule has 0 aromatic heterocycles. The van der Waals surface area contributed by atoms with Crippen molar-refractivity contribution in [3.8, 4) is 17.2 Å². The first-order chi connectivity index (χ1) is 11.0. The van der Waals surface area contributed by atoms with Crippen molar-refractivity contribution in [2.24, 2.45) is 5.92 Å². The Kier molecular flexibility index (Phi) is 3.55. The first kappa shape index (κ1) is 15.4. The first-order valence-electron chi connectivity index (χ1n) is 7.26. The molecule has 1 aliphatic carbocycles. The number of hydrogen-bond donors (Lipinski definition) is 0. The Bertz CT molecular complexity index is 720. The lowest BCUT2D eigenvalue weighted by Crippen LogP contribution is -2.54. The number of benzene rings is 1. The van der Waals surface area contributed by atoms with Crippen molar-refractivity contribution in [1.29, 1.82) is 0 Å². The second-order valence-corrected chi connectivity index (χ2v) is 5.65. The van der Waals surface area contributed by atoms with E-state index in [-0.39, 0.29) is 17.3 Å². The molecule has 6 heteroatoms. The van der Waals surface area contributed by atoms with Gasteiger partial charge in [-0.3, -0.25) is 9.59 Å². The number of Topliss-reactive ketones (excluding diaryl/α,β-unsaturated/α-hetero) is 1. The van der Waals surface area contributed by atoms with E-state index in [1.807, 2.05) is 0 Å². The van der Waals surface area contributed by atoms with Crippen LogP contribution < -0.4 is 14.2 Å². The summed E-state index contributed by atoms with van der Waals surface area (Å²) in [6, 6.07) is 3.20. The molecule has 1 aromatic rings. The van der Waals surface area contributed by atoms with Crippen molar-refractivity contribution in [3.63, 3.8) is 0 Å². The molecule has 23 heavy (non-hydrogen) atoms. The Morgan fingerprint density at radius 1 is 1.13 bits per heavy atom. The Morgan fingerprint density at radius 3 is 2.43 bits per heavy atom. The molecule has 0 fully saturated rings. The summed E-state index contributed by atoms with van der Waals surface area (Å²) in [6.45, 7) is 1.80. The van der Waals surface area contributed by atoms with Crippen LogP contribution in [0.4, 0.5) is 0 Å². The van der Waals surface area contributed by atoms with E-state index in [0.29, 0.717) is 29.4 Å². The summed E-state index contributed by atoms with van der Waals surface area (Å²) in [4.78, 5) is 25.7. The van der Waals surface area contributed by atoms with E-state index in [1.54, 1.807) is 19.1 Å². The Balaban J connectivity index is 2.14. The number of carbonyl (C=O) groups excluding carboxylic acids is 2. The molecule has 0 radical (unpaired) electrons. The highest BCUT2D eigenvalue weighted by Gasteiger charge is 2.59. The largest absolute Gasteiger partial charge is 0.501 e. The number of ketones is 2. The number of fused-ring (bicyclic) bond motifs is 1. The topological polar surface area (TPSA) is 71.1 Å². The zero-order valence-electron chi connectivity index (χ0n) is 13.5. The predicted molar refractivity (Wildman–Crippen MR) is 81.1 cm³/mol. The fourth-order valence-electron chi connectivity index (χ4n) is 3.18. The summed E-state index contributed by atoms with van der Waals surface area (Å²) in [5, 5.41) is 0. The molecule has 3 rings (SSSR count). The maximum atomic E-state index is 13.0. The van der Waals surface area contributed by atoms with Gasteiger partial charge in [0.05, 0.1) is 27.1 Å². The first-order valence-corrected chi connectivity index (χ1v) is 7.26. The SMILES string of the molecule is COC1=CC(=O)[C@]2(Oc3cc(OC)cc(OC)c3C2=O)[C@H](C)C1. The maximum Gasteiger partial charge on any atom is 0.236 e. The van der Waals surface area contributed by atoms with Crippen LogP contribution in [0, 0.1) is 5.92 Å². The van der Waals surface area contributed by atoms with Gasteiger partial charge in [-0.25, -0.2) is 0 Å². The number of rotatable bonds is 3. The lowest BCUT2D eigenvalue weighted by molar-refractivity contribution is -0.129. The summed E-state index contributed by atoms with van der Waals surface area (Å²) >= 11 is 0. The third-order valence-corrected chi connectivity index (χ3v) is 4.45. The Hall–Kier alpha value is -2.50. The second-order valence-electron chi connectivity index (χ2n) is 5.65. The zero-order valence-corrected chi connectivity index (χ0v) is 13.5. The number of allylic oxidation sites excluding steroid dienone is 1. The minimum Gasteiger partial charge on any atom is -0.501 e. The van der Waals surface area contributed by atoms with Crippen LogP contribution in [0.15, 0.2) is 24.0 Å². The fraction of sp³-hybridized carbons (Fsp3) is 0.412. The molecule has 2 aliphatic rings. The van der Waals surface area contributed by atoms with Crippen LogP contribution in [0.5, 0.6) is 17.2 Å². The van der Waals surface area contributed by atoms with Gasteiger partial charge in [0, 0.05) is 30.5 Å². The van der Waals surface area contributed by atoms with Crippen molar-refractivity contribution < 1.29 is 28.5 Å². The number of methoxy groups -OCH3 is 3. The molecule has 1 aliphatic heterocycles. The average Bonchev–Trinajstić information content (AvgIpc) is 2.85. The van der Waals surface area contributed by atoms with Crippen LogP contribution in [0.25, 0.3) is 0 Å². The van der Waals surface area contributed by atoms with Gasteiger partial charge in [0.15, 0.2) is 0 Å². The molecule has 2 atom stereocenters. The minimum absolute atomic E-state index is 0.280. The van der Waals surface area contributed by atoms with Crippen LogP contribution in [-0.2, 0) is 9.53 Å². The summed E-state index contributed by atoms with van der Waals surface area (Å²) in [6.07, 6.45) is 1.79. The van der Waals surface area contributed by atoms with E-state index in [1.165, 1.54) is 27.4 Å². The third kappa shape index (κ3) is 2.01. The summed E-state index contributed by atoms with van der Waals surface area (Å²) < 4.78 is 21.5. The van der Waals surface area contributed by atoms with E-state index >= 15 is 0 Å². The molecule has 0 unspecified atom stereocenters. The quantitative estimate of drug-likeness (QED) is 0.795. The normalized spacial score (nSPS) is 25.7. The van der Waals surface area contributed by atoms with Crippen LogP contribution in [0.3, 0.4) is 0 Å². The Labute approximate surface area is 134 Å². The molecule has 0 bridgehead atoms. The molecular weight excluding hydrogens is 300 g/mol. The molecule has 0 saturated carbocycles. The minimum atomic E-state index is -1.55. The number of hydrogen-bond acceptors (Lipinski definition) is 6. The molecule has 0 saturated heterocycles. The third-order valence-electron chi connectivity index (χ3n) is 4.45. The average molecular weight is 318 g/mol. The predicted octanol–water partition coefficient (Wildman–Crippen LogP) is 2.16. The van der Waals surface area contributed by atoms with Crippen LogP contribution in [-0.4, -0.2) is 38.5 Å². The van der Waals surface area contributed by atoms with E-state index in [9.17, 15) is 9.59 Å². The monoisotopic (exact) mass is 318 g/mol. The summed E-state index contributed by atoms with van der Waals surface area (Å²) in [7, 11) is 4.47. The van der Waals surface area contributed by atoms with E-state index in [0.717, 1.165) is 0 Å². The van der Waals surface area contributed by atoms with Crippen molar-refractivity contribution in [3.05, 3.63) is 29.5 Å². The highest BCUT2D eigenvalue weighted by molar-refractivity contribution is 6.25. The van der Waals surface area contributed by atoms with Gasteiger partial charge in [-0.05, 0) is 0 Å². The summed E-state index contributed by atoms with van der Waals surface area (Å²) in [5.74, 6) is 0.541. The van der Waals surface area contributed by atoms with Crippen molar-refractivity contribution >= 4 is 11.6 Å². The van der Waals surface area contributed by atoms with Crippen molar-refractivity contribution in [2.45, 2.75) is 18.9 Å². The maximum absolute atomic E-state index is 13.0.